The molecule has 0 spiro atoms. The van der Waals surface area contributed by atoms with Gasteiger partial charge in [-0.05, 0) is 36.1 Å². The molecule has 2 aromatic rings. The van der Waals surface area contributed by atoms with Crippen molar-refractivity contribution in [2.75, 3.05) is 6.54 Å². The molecule has 20 heavy (non-hydrogen) atoms. The zero-order valence-corrected chi connectivity index (χ0v) is 12.9. The molecule has 1 nitrogen and oxygen atoms in total. The van der Waals surface area contributed by atoms with Crippen LogP contribution >= 0.6 is 11.6 Å². The van der Waals surface area contributed by atoms with Gasteiger partial charge in [0, 0.05) is 11.1 Å². The number of rotatable bonds is 6. The molecule has 0 saturated heterocycles. The Bertz CT molecular complexity index is 524. The van der Waals surface area contributed by atoms with E-state index in [1.54, 1.807) is 0 Å². The lowest BCUT2D eigenvalue weighted by Crippen LogP contribution is -2.28. The highest BCUT2D eigenvalue weighted by molar-refractivity contribution is 6.31. The third-order valence-corrected chi connectivity index (χ3v) is 4.02. The average Bonchev–Trinajstić information content (AvgIpc) is 2.48. The van der Waals surface area contributed by atoms with Crippen LogP contribution < -0.4 is 5.32 Å². The first-order valence-corrected chi connectivity index (χ1v) is 7.62. The van der Waals surface area contributed by atoms with Crippen LogP contribution in [0.1, 0.15) is 31.0 Å². The molecular formula is C18H22ClN. The maximum atomic E-state index is 6.28. The smallest absolute Gasteiger partial charge is 0.0438 e. The van der Waals surface area contributed by atoms with E-state index in [1.165, 1.54) is 11.1 Å². The Labute approximate surface area is 127 Å². The van der Waals surface area contributed by atoms with Crippen molar-refractivity contribution in [2.45, 2.75) is 26.3 Å². The fraction of sp³-hybridized carbons (Fsp3) is 0.333. The van der Waals surface area contributed by atoms with Gasteiger partial charge in [-0.25, -0.2) is 0 Å². The molecule has 2 aromatic carbocycles. The highest BCUT2D eigenvalue weighted by atomic mass is 35.5. The molecule has 106 valence electrons. The summed E-state index contributed by atoms with van der Waals surface area (Å²) < 4.78 is 0. The van der Waals surface area contributed by atoms with Crippen LogP contribution in [0.15, 0.2) is 54.6 Å². The Morgan fingerprint density at radius 1 is 1.00 bits per heavy atom. The van der Waals surface area contributed by atoms with E-state index in [9.17, 15) is 0 Å². The SMILES string of the molecule is CCNC(c1ccccc1)C(C)Cc1ccccc1Cl. The standard InChI is InChI=1S/C18H22ClN/c1-3-20-18(15-9-5-4-6-10-15)14(2)13-16-11-7-8-12-17(16)19/h4-12,14,18,20H,3,13H2,1-2H3. The Balaban J connectivity index is 2.16. The summed E-state index contributed by atoms with van der Waals surface area (Å²) in [4.78, 5) is 0. The molecule has 1 N–H and O–H groups in total. The topological polar surface area (TPSA) is 12.0 Å². The molecule has 0 aromatic heterocycles. The molecule has 2 atom stereocenters. The van der Waals surface area contributed by atoms with Gasteiger partial charge in [-0.15, -0.1) is 0 Å². The van der Waals surface area contributed by atoms with Crippen molar-refractivity contribution in [1.82, 2.24) is 5.32 Å². The molecule has 0 radical (unpaired) electrons. The van der Waals surface area contributed by atoms with Gasteiger partial charge in [-0.2, -0.15) is 0 Å². The van der Waals surface area contributed by atoms with Crippen LogP contribution in [0.5, 0.6) is 0 Å². The first-order valence-electron chi connectivity index (χ1n) is 7.24. The Hall–Kier alpha value is -1.31. The molecule has 2 unspecified atom stereocenters. The molecular weight excluding hydrogens is 266 g/mol. The van der Waals surface area contributed by atoms with Crippen molar-refractivity contribution in [2.24, 2.45) is 5.92 Å². The summed E-state index contributed by atoms with van der Waals surface area (Å²) in [5.74, 6) is 0.484. The van der Waals surface area contributed by atoms with Crippen LogP contribution in [0.2, 0.25) is 5.02 Å². The van der Waals surface area contributed by atoms with E-state index in [-0.39, 0.29) is 0 Å². The Morgan fingerprint density at radius 3 is 2.30 bits per heavy atom. The second-order valence-corrected chi connectivity index (χ2v) is 5.63. The van der Waals surface area contributed by atoms with E-state index in [4.69, 9.17) is 11.6 Å². The first-order chi connectivity index (χ1) is 9.72. The van der Waals surface area contributed by atoms with Crippen molar-refractivity contribution in [1.29, 1.82) is 0 Å². The number of benzene rings is 2. The van der Waals surface area contributed by atoms with Crippen LogP contribution in [-0.2, 0) is 6.42 Å². The van der Waals surface area contributed by atoms with Gasteiger partial charge in [0.25, 0.3) is 0 Å². The molecule has 2 heteroatoms. The van der Waals surface area contributed by atoms with Gasteiger partial charge in [0.05, 0.1) is 0 Å². The normalized spacial score (nSPS) is 13.9. The molecule has 0 heterocycles. The lowest BCUT2D eigenvalue weighted by molar-refractivity contribution is 0.391. The third kappa shape index (κ3) is 3.84. The summed E-state index contributed by atoms with van der Waals surface area (Å²) in [5.41, 5.74) is 2.56. The lowest BCUT2D eigenvalue weighted by atomic mass is 9.89. The first kappa shape index (κ1) is 15.1. The number of nitrogens with one attached hydrogen (secondary N) is 1. The van der Waals surface area contributed by atoms with Gasteiger partial charge in [0.15, 0.2) is 0 Å². The maximum absolute atomic E-state index is 6.28. The van der Waals surface area contributed by atoms with Crippen LogP contribution in [0.25, 0.3) is 0 Å². The van der Waals surface area contributed by atoms with Crippen LogP contribution in [-0.4, -0.2) is 6.54 Å². The molecule has 2 rings (SSSR count). The predicted molar refractivity (Wildman–Crippen MR) is 87.2 cm³/mol. The van der Waals surface area contributed by atoms with Gasteiger partial charge in [0.2, 0.25) is 0 Å². The van der Waals surface area contributed by atoms with E-state index in [0.717, 1.165) is 18.0 Å². The summed E-state index contributed by atoms with van der Waals surface area (Å²) in [7, 11) is 0. The van der Waals surface area contributed by atoms with Crippen molar-refractivity contribution >= 4 is 11.6 Å². The lowest BCUT2D eigenvalue weighted by Gasteiger charge is -2.25. The van der Waals surface area contributed by atoms with Gasteiger partial charge in [0.1, 0.15) is 0 Å². The monoisotopic (exact) mass is 287 g/mol. The molecule has 0 aliphatic heterocycles. The van der Waals surface area contributed by atoms with E-state index in [0.29, 0.717) is 12.0 Å². The molecule has 0 amide bonds. The molecule has 0 aliphatic rings. The Kier molecular flexibility index (Phi) is 5.63. The maximum Gasteiger partial charge on any atom is 0.0438 e. The van der Waals surface area contributed by atoms with Gasteiger partial charge < -0.3 is 5.32 Å². The van der Waals surface area contributed by atoms with Crippen molar-refractivity contribution in [3.63, 3.8) is 0 Å². The van der Waals surface area contributed by atoms with E-state index in [1.807, 2.05) is 12.1 Å². The fourth-order valence-electron chi connectivity index (χ4n) is 2.66. The minimum atomic E-state index is 0.359. The van der Waals surface area contributed by atoms with Crippen molar-refractivity contribution in [3.8, 4) is 0 Å². The predicted octanol–water partition coefficient (Wildman–Crippen LogP) is 4.87. The molecule has 0 aliphatic carbocycles. The third-order valence-electron chi connectivity index (χ3n) is 3.65. The van der Waals surface area contributed by atoms with Crippen LogP contribution in [0.3, 0.4) is 0 Å². The molecule has 0 saturated carbocycles. The average molecular weight is 288 g/mol. The van der Waals surface area contributed by atoms with Gasteiger partial charge in [-0.3, -0.25) is 0 Å². The summed E-state index contributed by atoms with van der Waals surface area (Å²) in [6.45, 7) is 5.40. The minimum Gasteiger partial charge on any atom is -0.310 e. The number of hydrogen-bond donors (Lipinski definition) is 1. The highest BCUT2D eigenvalue weighted by Gasteiger charge is 2.19. The van der Waals surface area contributed by atoms with Crippen LogP contribution in [0, 0.1) is 5.92 Å². The van der Waals surface area contributed by atoms with Crippen molar-refractivity contribution < 1.29 is 0 Å². The summed E-state index contributed by atoms with van der Waals surface area (Å²) in [6, 6.07) is 19.1. The second-order valence-electron chi connectivity index (χ2n) is 5.22. The highest BCUT2D eigenvalue weighted by Crippen LogP contribution is 2.27. The van der Waals surface area contributed by atoms with E-state index >= 15 is 0 Å². The van der Waals surface area contributed by atoms with E-state index in [2.05, 4.69) is 61.6 Å². The van der Waals surface area contributed by atoms with Gasteiger partial charge in [-0.1, -0.05) is 74.0 Å². The van der Waals surface area contributed by atoms with Gasteiger partial charge >= 0.3 is 0 Å². The largest absolute Gasteiger partial charge is 0.310 e. The van der Waals surface area contributed by atoms with E-state index < -0.39 is 0 Å². The number of halogens is 1. The summed E-state index contributed by atoms with van der Waals surface area (Å²) >= 11 is 6.28. The number of hydrogen-bond acceptors (Lipinski definition) is 1. The van der Waals surface area contributed by atoms with Crippen LogP contribution in [0.4, 0.5) is 0 Å². The quantitative estimate of drug-likeness (QED) is 0.799. The fourth-order valence-corrected chi connectivity index (χ4v) is 2.87. The Morgan fingerprint density at radius 2 is 1.65 bits per heavy atom. The zero-order valence-electron chi connectivity index (χ0n) is 12.1. The molecule has 0 fully saturated rings. The second kappa shape index (κ2) is 7.47. The summed E-state index contributed by atoms with van der Waals surface area (Å²) in [6.07, 6.45) is 0.978. The molecule has 0 bridgehead atoms. The summed E-state index contributed by atoms with van der Waals surface area (Å²) in [5, 5.41) is 4.46. The minimum absolute atomic E-state index is 0.359. The van der Waals surface area contributed by atoms with Crippen molar-refractivity contribution in [3.05, 3.63) is 70.7 Å². The zero-order chi connectivity index (χ0) is 14.4.